The largest absolute Gasteiger partial charge is 0.484 e. The minimum atomic E-state index is -0.956. The lowest BCUT2D eigenvalue weighted by molar-refractivity contribution is -0.154. The molecule has 0 heterocycles. The number of carboxylic acid groups (broad SMARTS) is 1. The van der Waals surface area contributed by atoms with Gasteiger partial charge in [0.05, 0.1) is 0 Å². The van der Waals surface area contributed by atoms with Crippen LogP contribution in [-0.4, -0.2) is 29.6 Å². The number of benzene rings is 1. The predicted octanol–water partition coefficient (Wildman–Crippen LogP) is 2.99. The van der Waals surface area contributed by atoms with Gasteiger partial charge in [0.25, 0.3) is 5.91 Å². The number of halogens is 1. The van der Waals surface area contributed by atoms with Crippen molar-refractivity contribution >= 4 is 11.9 Å². The van der Waals surface area contributed by atoms with E-state index in [4.69, 9.17) is 4.74 Å². The number of carbonyl (C=O) groups excluding carboxylic acids is 1. The molecular formula is C20H24FNO4. The molecule has 4 fully saturated rings. The molecule has 1 aromatic carbocycles. The van der Waals surface area contributed by atoms with E-state index in [1.54, 1.807) is 0 Å². The molecule has 0 aliphatic heterocycles. The molecule has 2 N–H and O–H groups in total. The fourth-order valence-corrected chi connectivity index (χ4v) is 5.89. The van der Waals surface area contributed by atoms with E-state index < -0.39 is 17.9 Å². The Balaban J connectivity index is 1.41. The van der Waals surface area contributed by atoms with Crippen molar-refractivity contribution in [3.05, 3.63) is 30.1 Å². The number of hydrogen-bond donors (Lipinski definition) is 2. The van der Waals surface area contributed by atoms with Crippen LogP contribution in [0.25, 0.3) is 0 Å². The molecule has 1 aromatic rings. The summed E-state index contributed by atoms with van der Waals surface area (Å²) in [7, 11) is 0. The van der Waals surface area contributed by atoms with Crippen LogP contribution in [0.1, 0.15) is 38.5 Å². The van der Waals surface area contributed by atoms with E-state index in [0.29, 0.717) is 23.5 Å². The molecule has 1 atom stereocenters. The van der Waals surface area contributed by atoms with Gasteiger partial charge in [-0.25, -0.2) is 9.18 Å². The van der Waals surface area contributed by atoms with Crippen molar-refractivity contribution in [2.24, 2.45) is 23.2 Å². The highest BCUT2D eigenvalue weighted by Crippen LogP contribution is 2.61. The highest BCUT2D eigenvalue weighted by Gasteiger charge is 2.56. The number of aliphatic carboxylic acids is 1. The predicted molar refractivity (Wildman–Crippen MR) is 92.1 cm³/mol. The van der Waals surface area contributed by atoms with Crippen LogP contribution >= 0.6 is 0 Å². The smallest absolute Gasteiger partial charge is 0.326 e. The topological polar surface area (TPSA) is 75.6 Å². The Labute approximate surface area is 151 Å². The molecule has 1 unspecified atom stereocenters. The van der Waals surface area contributed by atoms with Crippen LogP contribution in [0.15, 0.2) is 24.3 Å². The van der Waals surface area contributed by atoms with Crippen molar-refractivity contribution in [1.29, 1.82) is 0 Å². The second-order valence-corrected chi connectivity index (χ2v) is 8.36. The molecule has 0 spiro atoms. The lowest BCUT2D eigenvalue weighted by Gasteiger charge is -2.58. The first kappa shape index (κ1) is 17.3. The van der Waals surface area contributed by atoms with Gasteiger partial charge in [0, 0.05) is 5.41 Å². The van der Waals surface area contributed by atoms with Gasteiger partial charge in [-0.3, -0.25) is 4.79 Å². The Morgan fingerprint density at radius 2 is 1.65 bits per heavy atom. The lowest BCUT2D eigenvalue weighted by Crippen LogP contribution is -2.60. The fraction of sp³-hybridized carbons (Fsp3) is 0.600. The molecular weight excluding hydrogens is 337 g/mol. The van der Waals surface area contributed by atoms with Crippen molar-refractivity contribution in [2.45, 2.75) is 44.6 Å². The molecule has 0 aromatic heterocycles. The Hall–Kier alpha value is -2.11. The van der Waals surface area contributed by atoms with E-state index >= 15 is 0 Å². The van der Waals surface area contributed by atoms with Gasteiger partial charge < -0.3 is 15.2 Å². The summed E-state index contributed by atoms with van der Waals surface area (Å²) in [6.07, 6.45) is 6.34. The van der Waals surface area contributed by atoms with Crippen molar-refractivity contribution in [3.63, 3.8) is 0 Å². The summed E-state index contributed by atoms with van der Waals surface area (Å²) in [5.41, 5.74) is -0.313. The zero-order chi connectivity index (χ0) is 18.3. The van der Waals surface area contributed by atoms with Gasteiger partial charge in [-0.1, -0.05) is 0 Å². The van der Waals surface area contributed by atoms with Crippen molar-refractivity contribution < 1.29 is 23.8 Å². The van der Waals surface area contributed by atoms with Crippen LogP contribution in [0.2, 0.25) is 0 Å². The van der Waals surface area contributed by atoms with Crippen molar-refractivity contribution in [3.8, 4) is 5.75 Å². The highest BCUT2D eigenvalue weighted by molar-refractivity contribution is 5.85. The van der Waals surface area contributed by atoms with E-state index in [-0.39, 0.29) is 17.8 Å². The summed E-state index contributed by atoms with van der Waals surface area (Å²) in [5.74, 6) is 0.416. The zero-order valence-corrected chi connectivity index (χ0v) is 14.6. The summed E-state index contributed by atoms with van der Waals surface area (Å²) in [6, 6.07) is 4.53. The van der Waals surface area contributed by atoms with Crippen LogP contribution in [-0.2, 0) is 9.59 Å². The maximum Gasteiger partial charge on any atom is 0.326 e. The second-order valence-electron chi connectivity index (χ2n) is 8.36. The van der Waals surface area contributed by atoms with Crippen molar-refractivity contribution in [2.75, 3.05) is 6.61 Å². The summed E-state index contributed by atoms with van der Waals surface area (Å²) in [4.78, 5) is 24.3. The minimum Gasteiger partial charge on any atom is -0.484 e. The molecule has 4 aliphatic carbocycles. The van der Waals surface area contributed by atoms with E-state index in [0.717, 1.165) is 19.3 Å². The van der Waals surface area contributed by atoms with Gasteiger partial charge in [-0.2, -0.15) is 0 Å². The van der Waals surface area contributed by atoms with Gasteiger partial charge in [0.2, 0.25) is 0 Å². The number of rotatable bonds is 6. The first-order chi connectivity index (χ1) is 12.4. The fourth-order valence-electron chi connectivity index (χ4n) is 5.89. The maximum atomic E-state index is 12.9. The molecule has 0 radical (unpaired) electrons. The Morgan fingerprint density at radius 3 is 2.15 bits per heavy atom. The third kappa shape index (κ3) is 3.29. The average Bonchev–Trinajstić information content (AvgIpc) is 2.57. The van der Waals surface area contributed by atoms with E-state index in [2.05, 4.69) is 5.32 Å². The number of amides is 1. The SMILES string of the molecule is O=C(COc1ccc(F)cc1)NC(C(=O)O)C12CC3CC(CC(C3)C1)C2. The quantitative estimate of drug-likeness (QED) is 0.817. The molecule has 26 heavy (non-hydrogen) atoms. The molecule has 4 saturated carbocycles. The molecule has 5 nitrogen and oxygen atoms in total. The minimum absolute atomic E-state index is 0.276. The summed E-state index contributed by atoms with van der Waals surface area (Å²) in [6.45, 7) is -0.276. The zero-order valence-electron chi connectivity index (χ0n) is 14.6. The van der Waals surface area contributed by atoms with Gasteiger partial charge >= 0.3 is 5.97 Å². The number of nitrogens with one attached hydrogen (secondary N) is 1. The molecule has 6 heteroatoms. The van der Waals surface area contributed by atoms with Gasteiger partial charge in [0.1, 0.15) is 17.6 Å². The van der Waals surface area contributed by atoms with Crippen LogP contribution in [0, 0.1) is 29.0 Å². The third-order valence-corrected chi connectivity index (χ3v) is 6.43. The van der Waals surface area contributed by atoms with Crippen LogP contribution in [0.5, 0.6) is 5.75 Å². The Kier molecular flexibility index (Phi) is 4.37. The molecule has 1 amide bonds. The third-order valence-electron chi connectivity index (χ3n) is 6.43. The Bertz CT molecular complexity index is 667. The number of carboxylic acids is 1. The maximum absolute atomic E-state index is 12.9. The standard InChI is InChI=1S/C20H24FNO4/c21-15-1-3-16(4-2-15)26-11-17(23)22-18(19(24)25)20-8-12-5-13(9-20)7-14(6-12)10-20/h1-4,12-14,18H,5-11H2,(H,22,23)(H,24,25). The molecule has 4 aliphatic rings. The lowest BCUT2D eigenvalue weighted by atomic mass is 9.47. The van der Waals surface area contributed by atoms with Gasteiger partial charge in [-0.15, -0.1) is 0 Å². The van der Waals surface area contributed by atoms with Gasteiger partial charge in [-0.05, 0) is 80.5 Å². The first-order valence-electron chi connectivity index (χ1n) is 9.34. The van der Waals surface area contributed by atoms with E-state index in [9.17, 15) is 19.1 Å². The van der Waals surface area contributed by atoms with E-state index in [1.165, 1.54) is 43.5 Å². The first-order valence-corrected chi connectivity index (χ1v) is 9.34. The van der Waals surface area contributed by atoms with E-state index in [1.807, 2.05) is 0 Å². The molecule has 140 valence electrons. The summed E-state index contributed by atoms with van der Waals surface area (Å²) in [5, 5.41) is 12.5. The van der Waals surface area contributed by atoms with Crippen LogP contribution in [0.4, 0.5) is 4.39 Å². The van der Waals surface area contributed by atoms with Crippen LogP contribution in [0.3, 0.4) is 0 Å². The van der Waals surface area contributed by atoms with Gasteiger partial charge in [0.15, 0.2) is 6.61 Å². The number of ether oxygens (including phenoxy) is 1. The highest BCUT2D eigenvalue weighted by atomic mass is 19.1. The molecule has 5 rings (SSSR count). The molecule has 4 bridgehead atoms. The second kappa shape index (κ2) is 6.56. The molecule has 0 saturated heterocycles. The normalized spacial score (nSPS) is 32.9. The number of hydrogen-bond acceptors (Lipinski definition) is 3. The van der Waals surface area contributed by atoms with Crippen molar-refractivity contribution in [1.82, 2.24) is 5.32 Å². The summed E-state index contributed by atoms with van der Waals surface area (Å²) >= 11 is 0. The monoisotopic (exact) mass is 361 g/mol. The van der Waals surface area contributed by atoms with Crippen LogP contribution < -0.4 is 10.1 Å². The number of carbonyl (C=O) groups is 2. The summed E-state index contributed by atoms with van der Waals surface area (Å²) < 4.78 is 18.3. The Morgan fingerprint density at radius 1 is 1.12 bits per heavy atom. The average molecular weight is 361 g/mol.